The molecule has 5 nitrogen and oxygen atoms in total. The highest BCUT2D eigenvalue weighted by molar-refractivity contribution is 14.0. The third-order valence-corrected chi connectivity index (χ3v) is 4.31. The van der Waals surface area contributed by atoms with E-state index in [0.29, 0.717) is 6.54 Å². The van der Waals surface area contributed by atoms with E-state index in [9.17, 15) is 5.11 Å². The summed E-state index contributed by atoms with van der Waals surface area (Å²) in [5.41, 5.74) is 1.14. The van der Waals surface area contributed by atoms with Crippen molar-refractivity contribution in [3.8, 4) is 0 Å². The zero-order chi connectivity index (χ0) is 18.3. The van der Waals surface area contributed by atoms with E-state index in [0.717, 1.165) is 24.5 Å². The Bertz CT molecular complexity index is 468. The van der Waals surface area contributed by atoms with Crippen LogP contribution in [0.25, 0.3) is 0 Å². The summed E-state index contributed by atoms with van der Waals surface area (Å²) in [5, 5.41) is 16.3. The number of aliphatic hydroxyl groups excluding tert-OH is 1. The second-order valence-electron chi connectivity index (χ2n) is 6.74. The smallest absolute Gasteiger partial charge is 0.190 e. The maximum absolute atomic E-state index is 9.61. The minimum atomic E-state index is 0. The number of guanidine groups is 1. The topological polar surface area (TPSA) is 59.9 Å². The summed E-state index contributed by atoms with van der Waals surface area (Å²) in [6, 6.07) is 10.1. The number of hydrogen-bond acceptors (Lipinski definition) is 3. The molecule has 1 aromatic carbocycles. The fourth-order valence-electron chi connectivity index (χ4n) is 2.74. The maximum atomic E-state index is 9.61. The van der Waals surface area contributed by atoms with Crippen molar-refractivity contribution in [3.05, 3.63) is 35.9 Å². The molecule has 1 rings (SSSR count). The van der Waals surface area contributed by atoms with E-state index >= 15 is 0 Å². The Morgan fingerprint density at radius 2 is 1.69 bits per heavy atom. The normalized spacial score (nSPS) is 12.6. The Labute approximate surface area is 176 Å². The molecule has 0 heterocycles. The van der Waals surface area contributed by atoms with Crippen LogP contribution >= 0.6 is 24.0 Å². The molecule has 26 heavy (non-hydrogen) atoms. The second kappa shape index (κ2) is 16.3. The summed E-state index contributed by atoms with van der Waals surface area (Å²) >= 11 is 0. The number of aliphatic imine (C=N–C) groups is 1. The molecule has 3 N–H and O–H groups in total. The summed E-state index contributed by atoms with van der Waals surface area (Å²) in [5.74, 6) is 0.887. The molecule has 0 saturated heterocycles. The van der Waals surface area contributed by atoms with Gasteiger partial charge in [0, 0.05) is 26.1 Å². The zero-order valence-corrected chi connectivity index (χ0v) is 18.9. The zero-order valence-electron chi connectivity index (χ0n) is 16.6. The van der Waals surface area contributed by atoms with E-state index < -0.39 is 0 Å². The number of rotatable bonds is 12. The molecule has 150 valence electrons. The summed E-state index contributed by atoms with van der Waals surface area (Å²) < 4.78 is 0. The Kier molecular flexibility index (Phi) is 15.8. The van der Waals surface area contributed by atoms with E-state index in [1.807, 2.05) is 18.2 Å². The van der Waals surface area contributed by atoms with Crippen LogP contribution in [0, 0.1) is 0 Å². The SMILES string of the molecule is CN=C(NCCCCCCCN(C)C)NCC(CO)c1ccccc1.I. The lowest BCUT2D eigenvalue weighted by molar-refractivity contribution is 0.265. The van der Waals surface area contributed by atoms with Gasteiger partial charge in [0.2, 0.25) is 0 Å². The monoisotopic (exact) mass is 476 g/mol. The Balaban J connectivity index is 0.00000625. The maximum Gasteiger partial charge on any atom is 0.190 e. The minimum absolute atomic E-state index is 0. The third-order valence-electron chi connectivity index (χ3n) is 4.31. The summed E-state index contributed by atoms with van der Waals surface area (Å²) in [4.78, 5) is 6.50. The fourth-order valence-corrected chi connectivity index (χ4v) is 2.74. The molecule has 0 aliphatic carbocycles. The first kappa shape index (κ1) is 25.1. The van der Waals surface area contributed by atoms with Gasteiger partial charge in [-0.3, -0.25) is 4.99 Å². The van der Waals surface area contributed by atoms with Gasteiger partial charge in [0.05, 0.1) is 6.61 Å². The van der Waals surface area contributed by atoms with Crippen molar-refractivity contribution in [1.29, 1.82) is 0 Å². The largest absolute Gasteiger partial charge is 0.396 e. The first-order chi connectivity index (χ1) is 12.2. The molecule has 0 fully saturated rings. The molecule has 0 saturated carbocycles. The molecule has 0 spiro atoms. The van der Waals surface area contributed by atoms with Crippen molar-refractivity contribution in [2.75, 3.05) is 47.4 Å². The van der Waals surface area contributed by atoms with Crippen molar-refractivity contribution >= 4 is 29.9 Å². The molecule has 0 aliphatic heterocycles. The first-order valence-electron chi connectivity index (χ1n) is 9.42. The molecule has 6 heteroatoms. The summed E-state index contributed by atoms with van der Waals surface area (Å²) in [7, 11) is 6.04. The van der Waals surface area contributed by atoms with E-state index in [1.54, 1.807) is 7.05 Å². The van der Waals surface area contributed by atoms with Crippen LogP contribution in [-0.2, 0) is 0 Å². The van der Waals surface area contributed by atoms with Crippen LogP contribution in [0.2, 0.25) is 0 Å². The molecular formula is C20H37IN4O. The molecular weight excluding hydrogens is 439 g/mol. The highest BCUT2D eigenvalue weighted by atomic mass is 127. The van der Waals surface area contributed by atoms with Gasteiger partial charge in [-0.15, -0.1) is 24.0 Å². The molecule has 0 bridgehead atoms. The number of hydrogen-bond donors (Lipinski definition) is 3. The van der Waals surface area contributed by atoms with Gasteiger partial charge in [-0.25, -0.2) is 0 Å². The molecule has 0 radical (unpaired) electrons. The number of nitrogens with one attached hydrogen (secondary N) is 2. The average molecular weight is 476 g/mol. The van der Waals surface area contributed by atoms with Crippen LogP contribution in [-0.4, -0.2) is 63.4 Å². The quantitative estimate of drug-likeness (QED) is 0.188. The third kappa shape index (κ3) is 11.7. The molecule has 0 amide bonds. The van der Waals surface area contributed by atoms with Gasteiger partial charge in [-0.1, -0.05) is 49.6 Å². The van der Waals surface area contributed by atoms with Gasteiger partial charge in [0.25, 0.3) is 0 Å². The van der Waals surface area contributed by atoms with Crippen molar-refractivity contribution in [2.24, 2.45) is 4.99 Å². The average Bonchev–Trinajstić information content (AvgIpc) is 2.63. The van der Waals surface area contributed by atoms with E-state index in [4.69, 9.17) is 0 Å². The molecule has 1 atom stereocenters. The van der Waals surface area contributed by atoms with Crippen molar-refractivity contribution < 1.29 is 5.11 Å². The highest BCUT2D eigenvalue weighted by Crippen LogP contribution is 2.13. The second-order valence-corrected chi connectivity index (χ2v) is 6.74. The Hall–Kier alpha value is -0.860. The van der Waals surface area contributed by atoms with Crippen molar-refractivity contribution in [3.63, 3.8) is 0 Å². The van der Waals surface area contributed by atoms with E-state index in [2.05, 4.69) is 46.8 Å². The van der Waals surface area contributed by atoms with Gasteiger partial charge in [-0.2, -0.15) is 0 Å². The Morgan fingerprint density at radius 3 is 2.31 bits per heavy atom. The number of benzene rings is 1. The number of aliphatic hydroxyl groups is 1. The van der Waals surface area contributed by atoms with Gasteiger partial charge in [-0.05, 0) is 39.0 Å². The summed E-state index contributed by atoms with van der Waals surface area (Å²) in [6.45, 7) is 2.91. The first-order valence-corrected chi connectivity index (χ1v) is 9.42. The van der Waals surface area contributed by atoms with Crippen LogP contribution in [0.5, 0.6) is 0 Å². The van der Waals surface area contributed by atoms with Crippen molar-refractivity contribution in [2.45, 2.75) is 38.0 Å². The molecule has 1 aromatic rings. The number of halogens is 1. The summed E-state index contributed by atoms with van der Waals surface area (Å²) in [6.07, 6.45) is 6.29. The van der Waals surface area contributed by atoms with Crippen LogP contribution < -0.4 is 10.6 Å². The number of unbranched alkanes of at least 4 members (excludes halogenated alkanes) is 4. The molecule has 0 aliphatic rings. The lowest BCUT2D eigenvalue weighted by Gasteiger charge is -2.18. The van der Waals surface area contributed by atoms with Crippen LogP contribution in [0.15, 0.2) is 35.3 Å². The standard InChI is InChI=1S/C20H36N4O.HI/c1-21-20(22-14-10-5-4-6-11-15-24(2)3)23-16-19(17-25)18-12-8-7-9-13-18;/h7-9,12-13,19,25H,4-6,10-11,14-17H2,1-3H3,(H2,21,22,23);1H. The lowest BCUT2D eigenvalue weighted by Crippen LogP contribution is -2.40. The van der Waals surface area contributed by atoms with Crippen molar-refractivity contribution in [1.82, 2.24) is 15.5 Å². The highest BCUT2D eigenvalue weighted by Gasteiger charge is 2.10. The van der Waals surface area contributed by atoms with E-state index in [1.165, 1.54) is 32.2 Å². The minimum Gasteiger partial charge on any atom is -0.396 e. The van der Waals surface area contributed by atoms with E-state index in [-0.39, 0.29) is 36.5 Å². The van der Waals surface area contributed by atoms with Gasteiger partial charge in [0.1, 0.15) is 0 Å². The van der Waals surface area contributed by atoms with Gasteiger partial charge in [0.15, 0.2) is 5.96 Å². The molecule has 0 aromatic heterocycles. The van der Waals surface area contributed by atoms with Crippen LogP contribution in [0.3, 0.4) is 0 Å². The number of nitrogens with zero attached hydrogens (tertiary/aromatic N) is 2. The van der Waals surface area contributed by atoms with Gasteiger partial charge >= 0.3 is 0 Å². The van der Waals surface area contributed by atoms with Gasteiger partial charge < -0.3 is 20.6 Å². The lowest BCUT2D eigenvalue weighted by atomic mass is 10.0. The predicted octanol–water partition coefficient (Wildman–Crippen LogP) is 3.06. The molecule has 1 unspecified atom stereocenters. The fraction of sp³-hybridized carbons (Fsp3) is 0.650. The Morgan fingerprint density at radius 1 is 1.04 bits per heavy atom. The van der Waals surface area contributed by atoms with Crippen LogP contribution in [0.4, 0.5) is 0 Å². The van der Waals surface area contributed by atoms with Crippen LogP contribution in [0.1, 0.15) is 43.6 Å². The predicted molar refractivity (Wildman–Crippen MR) is 123 cm³/mol.